The third kappa shape index (κ3) is 3.50. The van der Waals surface area contributed by atoms with E-state index in [4.69, 9.17) is 28.3 Å². The van der Waals surface area contributed by atoms with Crippen molar-refractivity contribution in [2.45, 2.75) is 6.92 Å². The van der Waals surface area contributed by atoms with Crippen molar-refractivity contribution in [1.29, 1.82) is 0 Å². The minimum Gasteiger partial charge on any atom is -0.477 e. The number of carbonyl (C=O) groups excluding carboxylic acids is 1. The molecule has 0 saturated heterocycles. The molecular formula is C13H9Cl2IN2O3. The SMILES string of the molecule is Cc1cc(NC(=O)c2cc(Cl)cc(Cl)c2I)c(C(=O)O)[nH]1. The van der Waals surface area contributed by atoms with Crippen LogP contribution in [0.1, 0.15) is 26.5 Å². The van der Waals surface area contributed by atoms with Crippen LogP contribution in [-0.2, 0) is 0 Å². The van der Waals surface area contributed by atoms with E-state index >= 15 is 0 Å². The van der Waals surface area contributed by atoms with Gasteiger partial charge in [-0.25, -0.2) is 4.79 Å². The normalized spacial score (nSPS) is 10.5. The predicted molar refractivity (Wildman–Crippen MR) is 89.6 cm³/mol. The lowest BCUT2D eigenvalue weighted by Crippen LogP contribution is -2.15. The first-order chi connectivity index (χ1) is 9.79. The fourth-order valence-corrected chi connectivity index (χ4v) is 2.82. The van der Waals surface area contributed by atoms with Gasteiger partial charge in [0, 0.05) is 14.3 Å². The van der Waals surface area contributed by atoms with E-state index in [-0.39, 0.29) is 16.9 Å². The fourth-order valence-electron chi connectivity index (χ4n) is 1.77. The zero-order chi connectivity index (χ0) is 15.7. The Labute approximate surface area is 143 Å². The van der Waals surface area contributed by atoms with Crippen LogP contribution in [0, 0.1) is 10.5 Å². The lowest BCUT2D eigenvalue weighted by atomic mass is 10.2. The highest BCUT2D eigenvalue weighted by Crippen LogP contribution is 2.28. The van der Waals surface area contributed by atoms with Crippen molar-refractivity contribution in [3.8, 4) is 0 Å². The Hall–Kier alpha value is -1.25. The van der Waals surface area contributed by atoms with Gasteiger partial charge in [0.25, 0.3) is 5.91 Å². The number of amides is 1. The number of aromatic amines is 1. The first-order valence-corrected chi connectivity index (χ1v) is 7.52. The van der Waals surface area contributed by atoms with E-state index < -0.39 is 11.9 Å². The molecule has 0 unspecified atom stereocenters. The number of carbonyl (C=O) groups is 2. The van der Waals surface area contributed by atoms with Crippen LogP contribution in [0.5, 0.6) is 0 Å². The summed E-state index contributed by atoms with van der Waals surface area (Å²) in [4.78, 5) is 26.1. The number of carboxylic acids is 1. The Balaban J connectivity index is 2.37. The van der Waals surface area contributed by atoms with Gasteiger partial charge in [0.1, 0.15) is 5.69 Å². The van der Waals surface area contributed by atoms with Gasteiger partial charge in [-0.05, 0) is 47.7 Å². The Kier molecular flexibility index (Phi) is 4.80. The smallest absolute Gasteiger partial charge is 0.354 e. The van der Waals surface area contributed by atoms with Gasteiger partial charge >= 0.3 is 5.97 Å². The van der Waals surface area contributed by atoms with Gasteiger partial charge in [-0.3, -0.25) is 4.79 Å². The summed E-state index contributed by atoms with van der Waals surface area (Å²) in [6.45, 7) is 1.70. The number of aromatic nitrogens is 1. The van der Waals surface area contributed by atoms with Crippen LogP contribution in [0.15, 0.2) is 18.2 Å². The Bertz CT molecular complexity index is 743. The molecule has 1 aromatic carbocycles. The zero-order valence-electron chi connectivity index (χ0n) is 10.6. The molecule has 1 aromatic heterocycles. The van der Waals surface area contributed by atoms with E-state index in [1.54, 1.807) is 13.0 Å². The van der Waals surface area contributed by atoms with Crippen LogP contribution in [0.2, 0.25) is 10.0 Å². The van der Waals surface area contributed by atoms with Crippen LogP contribution < -0.4 is 5.32 Å². The first kappa shape index (κ1) is 16.1. The number of carboxylic acid groups (broad SMARTS) is 1. The number of benzene rings is 1. The molecule has 2 aromatic rings. The van der Waals surface area contributed by atoms with Crippen molar-refractivity contribution < 1.29 is 14.7 Å². The highest BCUT2D eigenvalue weighted by atomic mass is 127. The minimum absolute atomic E-state index is 0.0796. The summed E-state index contributed by atoms with van der Waals surface area (Å²) in [5, 5.41) is 12.3. The fraction of sp³-hybridized carbons (Fsp3) is 0.0769. The van der Waals surface area contributed by atoms with E-state index in [1.807, 2.05) is 22.6 Å². The molecule has 0 aliphatic carbocycles. The molecular weight excluding hydrogens is 430 g/mol. The summed E-state index contributed by atoms with van der Waals surface area (Å²) in [6.07, 6.45) is 0. The molecule has 21 heavy (non-hydrogen) atoms. The second-order valence-corrected chi connectivity index (χ2v) is 6.17. The second-order valence-electron chi connectivity index (χ2n) is 4.25. The topological polar surface area (TPSA) is 82.2 Å². The minimum atomic E-state index is -1.16. The lowest BCUT2D eigenvalue weighted by Gasteiger charge is -2.08. The first-order valence-electron chi connectivity index (χ1n) is 5.68. The molecule has 0 bridgehead atoms. The molecule has 8 heteroatoms. The summed E-state index contributed by atoms with van der Waals surface area (Å²) in [6, 6.07) is 4.55. The molecule has 1 amide bonds. The molecule has 0 atom stereocenters. The Morgan fingerprint density at radius 3 is 2.57 bits per heavy atom. The largest absolute Gasteiger partial charge is 0.477 e. The molecule has 0 radical (unpaired) electrons. The molecule has 2 rings (SSSR count). The van der Waals surface area contributed by atoms with Crippen LogP contribution in [0.25, 0.3) is 0 Å². The standard InChI is InChI=1S/C13H9Cl2IN2O3/c1-5-2-9(11(17-5)13(20)21)18-12(19)7-3-6(14)4-8(15)10(7)16/h2-4,17H,1H3,(H,18,19)(H,20,21). The molecule has 0 saturated carbocycles. The molecule has 110 valence electrons. The van der Waals surface area contributed by atoms with Crippen molar-refractivity contribution in [1.82, 2.24) is 4.98 Å². The van der Waals surface area contributed by atoms with Crippen LogP contribution in [0.4, 0.5) is 5.69 Å². The average molecular weight is 439 g/mol. The maximum absolute atomic E-state index is 12.3. The molecule has 0 spiro atoms. The predicted octanol–water partition coefficient (Wildman–Crippen LogP) is 4.19. The van der Waals surface area contributed by atoms with Crippen molar-refractivity contribution in [3.05, 3.63) is 48.8 Å². The highest BCUT2D eigenvalue weighted by molar-refractivity contribution is 14.1. The van der Waals surface area contributed by atoms with Crippen molar-refractivity contribution in [2.24, 2.45) is 0 Å². The number of hydrogen-bond donors (Lipinski definition) is 3. The lowest BCUT2D eigenvalue weighted by molar-refractivity contribution is 0.0692. The third-order valence-corrected chi connectivity index (χ3v) is 4.65. The summed E-state index contributed by atoms with van der Waals surface area (Å²) in [7, 11) is 0. The molecule has 5 nitrogen and oxygen atoms in total. The van der Waals surface area contributed by atoms with E-state index in [2.05, 4.69) is 10.3 Å². The average Bonchev–Trinajstić information content (AvgIpc) is 2.74. The zero-order valence-corrected chi connectivity index (χ0v) is 14.3. The van der Waals surface area contributed by atoms with Crippen molar-refractivity contribution >= 4 is 63.4 Å². The number of aromatic carboxylic acids is 1. The van der Waals surface area contributed by atoms with Crippen molar-refractivity contribution in [3.63, 3.8) is 0 Å². The van der Waals surface area contributed by atoms with Gasteiger partial charge < -0.3 is 15.4 Å². The number of nitrogens with one attached hydrogen (secondary N) is 2. The Morgan fingerprint density at radius 2 is 1.95 bits per heavy atom. The summed E-state index contributed by atoms with van der Waals surface area (Å²) in [5.74, 6) is -1.64. The van der Waals surface area contributed by atoms with E-state index in [9.17, 15) is 9.59 Å². The molecule has 0 aliphatic heterocycles. The molecule has 1 heterocycles. The number of anilines is 1. The highest BCUT2D eigenvalue weighted by Gasteiger charge is 2.19. The number of hydrogen-bond acceptors (Lipinski definition) is 2. The summed E-state index contributed by atoms with van der Waals surface area (Å²) < 4.78 is 0.542. The van der Waals surface area contributed by atoms with Gasteiger partial charge in [-0.15, -0.1) is 0 Å². The van der Waals surface area contributed by atoms with E-state index in [0.717, 1.165) is 0 Å². The van der Waals surface area contributed by atoms with Gasteiger partial charge in [-0.2, -0.15) is 0 Å². The number of aryl methyl sites for hydroxylation is 1. The molecule has 3 N–H and O–H groups in total. The van der Waals surface area contributed by atoms with Gasteiger partial charge in [0.05, 0.1) is 16.3 Å². The van der Waals surface area contributed by atoms with E-state index in [1.165, 1.54) is 12.1 Å². The van der Waals surface area contributed by atoms with Crippen molar-refractivity contribution in [2.75, 3.05) is 5.32 Å². The summed E-state index contributed by atoms with van der Waals surface area (Å²) >= 11 is 13.8. The number of H-pyrrole nitrogens is 1. The van der Waals surface area contributed by atoms with Gasteiger partial charge in [-0.1, -0.05) is 23.2 Å². The monoisotopic (exact) mass is 438 g/mol. The van der Waals surface area contributed by atoms with E-state index in [0.29, 0.717) is 19.3 Å². The summed E-state index contributed by atoms with van der Waals surface area (Å²) in [5.41, 5.74) is 1.02. The maximum Gasteiger partial charge on any atom is 0.354 e. The number of rotatable bonds is 3. The van der Waals surface area contributed by atoms with Crippen LogP contribution >= 0.6 is 45.8 Å². The maximum atomic E-state index is 12.3. The Morgan fingerprint density at radius 1 is 1.29 bits per heavy atom. The van der Waals surface area contributed by atoms with Gasteiger partial charge in [0.15, 0.2) is 0 Å². The van der Waals surface area contributed by atoms with Crippen LogP contribution in [0.3, 0.4) is 0 Å². The quantitative estimate of drug-likeness (QED) is 0.496. The number of halogens is 3. The van der Waals surface area contributed by atoms with Gasteiger partial charge in [0.2, 0.25) is 0 Å². The van der Waals surface area contributed by atoms with Crippen LogP contribution in [-0.4, -0.2) is 22.0 Å². The molecule has 0 fully saturated rings. The molecule has 0 aliphatic rings. The third-order valence-electron chi connectivity index (χ3n) is 2.65. The second kappa shape index (κ2) is 6.25.